The molecule has 1 aliphatic heterocycles. The summed E-state index contributed by atoms with van der Waals surface area (Å²) in [5.41, 5.74) is 3.54. The van der Waals surface area contributed by atoms with E-state index in [0.717, 1.165) is 53.4 Å². The summed E-state index contributed by atoms with van der Waals surface area (Å²) in [6.07, 6.45) is 2.83. The van der Waals surface area contributed by atoms with E-state index in [-0.39, 0.29) is 11.8 Å². The van der Waals surface area contributed by atoms with Crippen LogP contribution in [0.15, 0.2) is 24.3 Å². The molecule has 3 aromatic rings. The first-order chi connectivity index (χ1) is 14.1. The Kier molecular flexibility index (Phi) is 5.16. The van der Waals surface area contributed by atoms with Gasteiger partial charge < -0.3 is 16.0 Å². The summed E-state index contributed by atoms with van der Waals surface area (Å²) < 4.78 is 1.19. The molecular formula is C22H26N4OS2. The quantitative estimate of drug-likeness (QED) is 0.566. The minimum absolute atomic E-state index is 0.103. The van der Waals surface area contributed by atoms with Crippen molar-refractivity contribution in [1.29, 1.82) is 0 Å². The van der Waals surface area contributed by atoms with E-state index in [0.29, 0.717) is 12.1 Å². The van der Waals surface area contributed by atoms with Gasteiger partial charge in [-0.1, -0.05) is 26.0 Å². The average molecular weight is 427 g/mol. The number of thiazole rings is 1. The number of anilines is 1. The third-order valence-electron chi connectivity index (χ3n) is 5.75. The fourth-order valence-corrected chi connectivity index (χ4v) is 6.61. The standard InChI is InChI=1S/C22H26N4OS2/c1-12(2)24-14-9-13(10-14)20(27)26-22-19(15-7-8-23-11-18(15)29-22)21-25-16-5-3-4-6-17(16)28-21/h3-6,12-14,23-24H,7-11H2,1-2H3,(H,26,27). The topological polar surface area (TPSA) is 66.0 Å². The van der Waals surface area contributed by atoms with Crippen LogP contribution in [0, 0.1) is 5.92 Å². The van der Waals surface area contributed by atoms with Gasteiger partial charge in [0.2, 0.25) is 5.91 Å². The molecular weight excluding hydrogens is 400 g/mol. The molecule has 1 aromatic carbocycles. The van der Waals surface area contributed by atoms with Gasteiger partial charge in [0.1, 0.15) is 10.0 Å². The largest absolute Gasteiger partial charge is 0.317 e. The van der Waals surface area contributed by atoms with Gasteiger partial charge in [-0.3, -0.25) is 4.79 Å². The van der Waals surface area contributed by atoms with E-state index in [1.165, 1.54) is 15.1 Å². The summed E-state index contributed by atoms with van der Waals surface area (Å²) in [7, 11) is 0. The van der Waals surface area contributed by atoms with Gasteiger partial charge >= 0.3 is 0 Å². The predicted octanol–water partition coefficient (Wildman–Crippen LogP) is 4.39. The second-order valence-electron chi connectivity index (χ2n) is 8.30. The molecule has 0 radical (unpaired) electrons. The van der Waals surface area contributed by atoms with Gasteiger partial charge in [0, 0.05) is 35.0 Å². The third kappa shape index (κ3) is 3.72. The first-order valence-electron chi connectivity index (χ1n) is 10.4. The first kappa shape index (κ1) is 19.2. The molecule has 2 aromatic heterocycles. The minimum Gasteiger partial charge on any atom is -0.317 e. The van der Waals surface area contributed by atoms with Crippen LogP contribution in [0.25, 0.3) is 20.8 Å². The fourth-order valence-electron chi connectivity index (χ4n) is 4.28. The molecule has 1 amide bonds. The molecule has 7 heteroatoms. The van der Waals surface area contributed by atoms with Crippen molar-refractivity contribution >= 4 is 43.8 Å². The lowest BCUT2D eigenvalue weighted by Crippen LogP contribution is -2.48. The molecule has 0 unspecified atom stereocenters. The number of nitrogens with zero attached hydrogens (tertiary/aromatic N) is 1. The van der Waals surface area contributed by atoms with Gasteiger partial charge in [-0.05, 0) is 43.5 Å². The molecule has 0 saturated heterocycles. The number of carbonyl (C=O) groups is 1. The number of thiophene rings is 1. The monoisotopic (exact) mass is 426 g/mol. The highest BCUT2D eigenvalue weighted by Crippen LogP contribution is 2.45. The van der Waals surface area contributed by atoms with Crippen molar-refractivity contribution in [3.8, 4) is 10.6 Å². The summed E-state index contributed by atoms with van der Waals surface area (Å²) >= 11 is 3.43. The van der Waals surface area contributed by atoms with Crippen LogP contribution in [0.3, 0.4) is 0 Å². The third-order valence-corrected chi connectivity index (χ3v) is 7.95. The number of benzene rings is 1. The maximum atomic E-state index is 12.9. The number of fused-ring (bicyclic) bond motifs is 2. The Morgan fingerprint density at radius 2 is 2.07 bits per heavy atom. The normalized spacial score (nSPS) is 21.2. The zero-order valence-corrected chi connectivity index (χ0v) is 18.4. The number of hydrogen-bond acceptors (Lipinski definition) is 6. The van der Waals surface area contributed by atoms with Crippen LogP contribution in [0.4, 0.5) is 5.00 Å². The molecule has 5 nitrogen and oxygen atoms in total. The van der Waals surface area contributed by atoms with E-state index in [1.54, 1.807) is 22.7 Å². The zero-order chi connectivity index (χ0) is 20.0. The number of amides is 1. The van der Waals surface area contributed by atoms with Gasteiger partial charge in [0.15, 0.2) is 0 Å². The Balaban J connectivity index is 1.43. The summed E-state index contributed by atoms with van der Waals surface area (Å²) in [5.74, 6) is 0.257. The molecule has 1 fully saturated rings. The van der Waals surface area contributed by atoms with Crippen molar-refractivity contribution < 1.29 is 4.79 Å². The van der Waals surface area contributed by atoms with Crippen LogP contribution in [-0.4, -0.2) is 29.5 Å². The van der Waals surface area contributed by atoms with E-state index in [9.17, 15) is 4.79 Å². The smallest absolute Gasteiger partial charge is 0.228 e. The number of nitrogens with one attached hydrogen (secondary N) is 3. The fraction of sp³-hybridized carbons (Fsp3) is 0.455. The van der Waals surface area contributed by atoms with E-state index < -0.39 is 0 Å². The highest BCUT2D eigenvalue weighted by atomic mass is 32.1. The lowest BCUT2D eigenvalue weighted by molar-refractivity contribution is -0.123. The van der Waals surface area contributed by atoms with E-state index in [2.05, 4.69) is 48.0 Å². The van der Waals surface area contributed by atoms with Crippen LogP contribution in [-0.2, 0) is 17.8 Å². The highest BCUT2D eigenvalue weighted by Gasteiger charge is 2.35. The van der Waals surface area contributed by atoms with E-state index >= 15 is 0 Å². The van der Waals surface area contributed by atoms with Crippen molar-refractivity contribution in [1.82, 2.24) is 15.6 Å². The van der Waals surface area contributed by atoms with Crippen LogP contribution >= 0.6 is 22.7 Å². The van der Waals surface area contributed by atoms with Crippen molar-refractivity contribution in [3.63, 3.8) is 0 Å². The molecule has 2 aliphatic rings. The molecule has 3 heterocycles. The molecule has 152 valence electrons. The number of rotatable bonds is 5. The summed E-state index contributed by atoms with van der Waals surface area (Å²) in [5, 5.41) is 12.3. The highest BCUT2D eigenvalue weighted by molar-refractivity contribution is 7.22. The lowest BCUT2D eigenvalue weighted by Gasteiger charge is -2.36. The van der Waals surface area contributed by atoms with Crippen LogP contribution in [0.2, 0.25) is 0 Å². The van der Waals surface area contributed by atoms with Crippen molar-refractivity contribution in [3.05, 3.63) is 34.7 Å². The van der Waals surface area contributed by atoms with Crippen LogP contribution in [0.1, 0.15) is 37.1 Å². The SMILES string of the molecule is CC(C)NC1CC(C(=O)Nc2sc3c(c2-c2nc4ccccc4s2)CCNC3)C1. The zero-order valence-electron chi connectivity index (χ0n) is 16.7. The Hall–Kier alpha value is -1.80. The van der Waals surface area contributed by atoms with Gasteiger partial charge in [-0.25, -0.2) is 4.98 Å². The molecule has 0 bridgehead atoms. The first-order valence-corrected chi connectivity index (χ1v) is 12.0. The number of hydrogen-bond donors (Lipinski definition) is 3. The molecule has 1 aliphatic carbocycles. The van der Waals surface area contributed by atoms with Crippen molar-refractivity contribution in [2.75, 3.05) is 11.9 Å². The second kappa shape index (κ2) is 7.80. The van der Waals surface area contributed by atoms with E-state index in [1.807, 2.05) is 6.07 Å². The number of para-hydroxylation sites is 1. The summed E-state index contributed by atoms with van der Waals surface area (Å²) in [4.78, 5) is 19.2. The molecule has 3 N–H and O–H groups in total. The Bertz CT molecular complexity index is 1020. The Labute approximate surface area is 178 Å². The lowest BCUT2D eigenvalue weighted by atomic mass is 9.79. The minimum atomic E-state index is 0.103. The molecule has 1 saturated carbocycles. The maximum absolute atomic E-state index is 12.9. The van der Waals surface area contributed by atoms with Crippen LogP contribution in [0.5, 0.6) is 0 Å². The van der Waals surface area contributed by atoms with Gasteiger partial charge in [0.05, 0.1) is 10.2 Å². The Morgan fingerprint density at radius 1 is 1.24 bits per heavy atom. The van der Waals surface area contributed by atoms with Crippen molar-refractivity contribution in [2.24, 2.45) is 5.92 Å². The van der Waals surface area contributed by atoms with Crippen molar-refractivity contribution in [2.45, 2.75) is 51.7 Å². The molecule has 0 spiro atoms. The second-order valence-corrected chi connectivity index (χ2v) is 10.4. The van der Waals surface area contributed by atoms with Gasteiger partial charge in [-0.2, -0.15) is 0 Å². The predicted molar refractivity (Wildman–Crippen MR) is 122 cm³/mol. The van der Waals surface area contributed by atoms with Gasteiger partial charge in [-0.15, -0.1) is 22.7 Å². The average Bonchev–Trinajstić information content (AvgIpc) is 3.24. The summed E-state index contributed by atoms with van der Waals surface area (Å²) in [6.45, 7) is 6.15. The van der Waals surface area contributed by atoms with E-state index in [4.69, 9.17) is 4.98 Å². The molecule has 5 rings (SSSR count). The maximum Gasteiger partial charge on any atom is 0.228 e. The molecule has 29 heavy (non-hydrogen) atoms. The number of aromatic nitrogens is 1. The molecule has 0 atom stereocenters. The Morgan fingerprint density at radius 3 is 2.86 bits per heavy atom. The van der Waals surface area contributed by atoms with Crippen LogP contribution < -0.4 is 16.0 Å². The number of carbonyl (C=O) groups excluding carboxylic acids is 1. The van der Waals surface area contributed by atoms with Gasteiger partial charge in [0.25, 0.3) is 0 Å². The summed E-state index contributed by atoms with van der Waals surface area (Å²) in [6, 6.07) is 9.19.